The predicted molar refractivity (Wildman–Crippen MR) is 112 cm³/mol. The molecule has 9 heteroatoms. The van der Waals surface area contributed by atoms with Gasteiger partial charge in [-0.3, -0.25) is 9.48 Å². The number of piperazine rings is 1. The fourth-order valence-electron chi connectivity index (χ4n) is 3.53. The van der Waals surface area contributed by atoms with E-state index in [0.717, 1.165) is 35.2 Å². The Bertz CT molecular complexity index is 1050. The molecule has 0 radical (unpaired) electrons. The molecule has 1 amide bonds. The van der Waals surface area contributed by atoms with Gasteiger partial charge in [0.1, 0.15) is 12.2 Å². The maximum atomic E-state index is 12.7. The standard InChI is InChI=1S/C20H26N8O/c1-4-21-20(22-10-16-12-28-15(2)6-5-7-18(28)24-16)26-8-9-27(19(29)14-26)17-11-23-25(3)13-17/h5-7,11-13H,4,8-10,14H2,1-3H3,(H,21,22). The Morgan fingerprint density at radius 1 is 1.28 bits per heavy atom. The molecule has 0 saturated carbocycles. The number of imidazole rings is 1. The van der Waals surface area contributed by atoms with Crippen molar-refractivity contribution in [3.63, 3.8) is 0 Å². The Balaban J connectivity index is 1.48. The summed E-state index contributed by atoms with van der Waals surface area (Å²) in [6.07, 6.45) is 5.60. The zero-order chi connectivity index (χ0) is 20.4. The first-order valence-electron chi connectivity index (χ1n) is 9.81. The SMILES string of the molecule is CCNC(=NCc1cn2c(C)cccc2n1)N1CCN(c2cnn(C)c2)C(=O)C1. The topological polar surface area (TPSA) is 83.1 Å². The van der Waals surface area contributed by atoms with Crippen LogP contribution in [-0.4, -0.2) is 62.1 Å². The van der Waals surface area contributed by atoms with Crippen LogP contribution in [0.15, 0.2) is 41.8 Å². The molecular weight excluding hydrogens is 368 g/mol. The average molecular weight is 394 g/mol. The molecule has 1 saturated heterocycles. The number of hydrogen-bond donors (Lipinski definition) is 1. The van der Waals surface area contributed by atoms with Crippen molar-refractivity contribution in [3.8, 4) is 0 Å². The molecule has 1 aliphatic rings. The Kier molecular flexibility index (Phi) is 5.20. The van der Waals surface area contributed by atoms with Crippen LogP contribution in [0.4, 0.5) is 5.69 Å². The van der Waals surface area contributed by atoms with Crippen molar-refractivity contribution in [2.45, 2.75) is 20.4 Å². The van der Waals surface area contributed by atoms with E-state index in [0.29, 0.717) is 19.6 Å². The molecule has 152 valence electrons. The first-order valence-corrected chi connectivity index (χ1v) is 9.81. The van der Waals surface area contributed by atoms with Gasteiger partial charge in [-0.05, 0) is 26.0 Å². The quantitative estimate of drug-likeness (QED) is 0.531. The van der Waals surface area contributed by atoms with Crippen LogP contribution >= 0.6 is 0 Å². The first-order chi connectivity index (χ1) is 14.0. The summed E-state index contributed by atoms with van der Waals surface area (Å²) in [4.78, 5) is 25.9. The number of guanidine groups is 1. The highest BCUT2D eigenvalue weighted by atomic mass is 16.2. The lowest BCUT2D eigenvalue weighted by Crippen LogP contribution is -2.55. The van der Waals surface area contributed by atoms with E-state index >= 15 is 0 Å². The molecule has 29 heavy (non-hydrogen) atoms. The minimum absolute atomic E-state index is 0.0400. The molecule has 1 aliphatic heterocycles. The van der Waals surface area contributed by atoms with Crippen molar-refractivity contribution < 1.29 is 4.79 Å². The van der Waals surface area contributed by atoms with E-state index < -0.39 is 0 Å². The van der Waals surface area contributed by atoms with Crippen molar-refractivity contribution in [2.75, 3.05) is 31.1 Å². The molecule has 1 N–H and O–H groups in total. The Morgan fingerprint density at radius 2 is 2.14 bits per heavy atom. The van der Waals surface area contributed by atoms with E-state index in [2.05, 4.69) is 32.8 Å². The number of fused-ring (bicyclic) bond motifs is 1. The van der Waals surface area contributed by atoms with Gasteiger partial charge in [0, 0.05) is 44.8 Å². The average Bonchev–Trinajstić information content (AvgIpc) is 3.32. The fourth-order valence-corrected chi connectivity index (χ4v) is 3.53. The predicted octanol–water partition coefficient (Wildman–Crippen LogP) is 1.19. The molecule has 9 nitrogen and oxygen atoms in total. The minimum atomic E-state index is 0.0400. The highest BCUT2D eigenvalue weighted by molar-refractivity contribution is 5.98. The number of hydrogen-bond acceptors (Lipinski definition) is 4. The maximum absolute atomic E-state index is 12.7. The van der Waals surface area contributed by atoms with Crippen LogP contribution in [-0.2, 0) is 18.4 Å². The fraction of sp³-hybridized carbons (Fsp3) is 0.400. The molecule has 0 spiro atoms. The number of nitrogens with zero attached hydrogens (tertiary/aromatic N) is 7. The summed E-state index contributed by atoms with van der Waals surface area (Å²) in [5.74, 6) is 0.777. The second-order valence-electron chi connectivity index (χ2n) is 7.14. The van der Waals surface area contributed by atoms with Crippen molar-refractivity contribution in [3.05, 3.63) is 48.2 Å². The van der Waals surface area contributed by atoms with Crippen LogP contribution in [0.3, 0.4) is 0 Å². The maximum Gasteiger partial charge on any atom is 0.246 e. The molecule has 0 unspecified atom stereocenters. The van der Waals surface area contributed by atoms with Gasteiger partial charge in [-0.25, -0.2) is 9.98 Å². The third-order valence-electron chi connectivity index (χ3n) is 4.99. The van der Waals surface area contributed by atoms with Gasteiger partial charge in [-0.15, -0.1) is 0 Å². The number of carbonyl (C=O) groups is 1. The summed E-state index contributed by atoms with van der Waals surface area (Å²) in [6.45, 7) is 6.86. The second-order valence-corrected chi connectivity index (χ2v) is 7.14. The second kappa shape index (κ2) is 7.94. The summed E-state index contributed by atoms with van der Waals surface area (Å²) in [5, 5.41) is 7.46. The summed E-state index contributed by atoms with van der Waals surface area (Å²) in [6, 6.07) is 6.04. The van der Waals surface area contributed by atoms with Crippen LogP contribution in [0.1, 0.15) is 18.3 Å². The molecular formula is C20H26N8O. The van der Waals surface area contributed by atoms with Gasteiger partial charge in [0.05, 0.1) is 24.1 Å². The van der Waals surface area contributed by atoms with Crippen LogP contribution in [0, 0.1) is 6.92 Å². The number of anilines is 1. The molecule has 4 heterocycles. The molecule has 0 aliphatic carbocycles. The molecule has 0 aromatic carbocycles. The monoisotopic (exact) mass is 394 g/mol. The van der Waals surface area contributed by atoms with Gasteiger partial charge in [0.2, 0.25) is 5.91 Å². The van der Waals surface area contributed by atoms with Gasteiger partial charge in [-0.1, -0.05) is 6.07 Å². The number of nitrogens with one attached hydrogen (secondary N) is 1. The number of rotatable bonds is 4. The van der Waals surface area contributed by atoms with Crippen molar-refractivity contribution in [1.29, 1.82) is 0 Å². The zero-order valence-corrected chi connectivity index (χ0v) is 17.0. The molecule has 1 fully saturated rings. The number of aryl methyl sites for hydroxylation is 2. The molecule has 0 atom stereocenters. The van der Waals surface area contributed by atoms with Crippen LogP contribution < -0.4 is 10.2 Å². The number of aliphatic imine (C=N–C) groups is 1. The number of amides is 1. The van der Waals surface area contributed by atoms with E-state index in [-0.39, 0.29) is 12.5 Å². The lowest BCUT2D eigenvalue weighted by atomic mass is 10.3. The van der Waals surface area contributed by atoms with Gasteiger partial charge < -0.3 is 19.5 Å². The largest absolute Gasteiger partial charge is 0.356 e. The van der Waals surface area contributed by atoms with Crippen molar-refractivity contribution in [2.24, 2.45) is 12.0 Å². The van der Waals surface area contributed by atoms with Crippen molar-refractivity contribution >= 4 is 23.2 Å². The van der Waals surface area contributed by atoms with Crippen LogP contribution in [0.5, 0.6) is 0 Å². The first kappa shape index (κ1) is 19.0. The third kappa shape index (κ3) is 3.94. The molecule has 3 aromatic heterocycles. The Hall–Kier alpha value is -3.36. The summed E-state index contributed by atoms with van der Waals surface area (Å²) in [5.41, 5.74) is 3.78. The Morgan fingerprint density at radius 3 is 2.83 bits per heavy atom. The summed E-state index contributed by atoms with van der Waals surface area (Å²) >= 11 is 0. The zero-order valence-electron chi connectivity index (χ0n) is 17.0. The van der Waals surface area contributed by atoms with E-state index in [9.17, 15) is 4.79 Å². The van der Waals surface area contributed by atoms with E-state index in [4.69, 9.17) is 4.99 Å². The van der Waals surface area contributed by atoms with Gasteiger partial charge in [-0.2, -0.15) is 5.10 Å². The highest BCUT2D eigenvalue weighted by Crippen LogP contribution is 2.16. The lowest BCUT2D eigenvalue weighted by molar-refractivity contribution is -0.120. The van der Waals surface area contributed by atoms with E-state index in [1.807, 2.05) is 43.4 Å². The highest BCUT2D eigenvalue weighted by Gasteiger charge is 2.27. The van der Waals surface area contributed by atoms with Gasteiger partial charge in [0.15, 0.2) is 5.96 Å². The normalized spacial score (nSPS) is 15.4. The van der Waals surface area contributed by atoms with Gasteiger partial charge >= 0.3 is 0 Å². The van der Waals surface area contributed by atoms with E-state index in [1.165, 1.54) is 0 Å². The number of carbonyl (C=O) groups excluding carboxylic acids is 1. The summed E-state index contributed by atoms with van der Waals surface area (Å²) in [7, 11) is 1.85. The third-order valence-corrected chi connectivity index (χ3v) is 4.99. The summed E-state index contributed by atoms with van der Waals surface area (Å²) < 4.78 is 3.77. The van der Waals surface area contributed by atoms with Crippen LogP contribution in [0.2, 0.25) is 0 Å². The van der Waals surface area contributed by atoms with Crippen LogP contribution in [0.25, 0.3) is 5.65 Å². The molecule has 4 rings (SSSR count). The van der Waals surface area contributed by atoms with Crippen molar-refractivity contribution in [1.82, 2.24) is 29.4 Å². The Labute approximate surface area is 169 Å². The number of aromatic nitrogens is 4. The van der Waals surface area contributed by atoms with E-state index in [1.54, 1.807) is 15.8 Å². The lowest BCUT2D eigenvalue weighted by Gasteiger charge is -2.35. The molecule has 3 aromatic rings. The minimum Gasteiger partial charge on any atom is -0.356 e. The van der Waals surface area contributed by atoms with Gasteiger partial charge in [0.25, 0.3) is 0 Å². The number of pyridine rings is 1. The molecule has 0 bridgehead atoms. The smallest absolute Gasteiger partial charge is 0.246 e.